The smallest absolute Gasteiger partial charge is 0.293 e. The lowest BCUT2D eigenvalue weighted by Crippen LogP contribution is -2.46. The Labute approximate surface area is 159 Å². The van der Waals surface area contributed by atoms with E-state index in [9.17, 15) is 14.4 Å². The summed E-state index contributed by atoms with van der Waals surface area (Å²) in [6.45, 7) is 13.3. The van der Waals surface area contributed by atoms with Crippen LogP contribution in [-0.4, -0.2) is 55.0 Å². The van der Waals surface area contributed by atoms with Crippen LogP contribution >= 0.6 is 0 Å². The van der Waals surface area contributed by atoms with Gasteiger partial charge in [-0.25, -0.2) is 0 Å². The molecule has 2 amide bonds. The molecule has 1 fully saturated rings. The van der Waals surface area contributed by atoms with Gasteiger partial charge in [-0.05, 0) is 46.6 Å². The highest BCUT2D eigenvalue weighted by atomic mass is 16.5. The molecule has 1 saturated heterocycles. The van der Waals surface area contributed by atoms with E-state index in [0.29, 0.717) is 19.4 Å². The van der Waals surface area contributed by atoms with E-state index in [0.717, 1.165) is 12.3 Å². The second kappa shape index (κ2) is 16.4. The lowest BCUT2D eigenvalue weighted by Gasteiger charge is -2.21. The minimum atomic E-state index is -0.401. The number of amides is 2. The fraction of sp³-hybridized carbons (Fsp3) is 0.737. The quantitative estimate of drug-likeness (QED) is 0.577. The zero-order chi connectivity index (χ0) is 21.3. The van der Waals surface area contributed by atoms with Gasteiger partial charge in [0.1, 0.15) is 11.6 Å². The van der Waals surface area contributed by atoms with Crippen molar-refractivity contribution in [3.05, 3.63) is 0 Å². The van der Waals surface area contributed by atoms with Crippen LogP contribution in [0.3, 0.4) is 0 Å². The lowest BCUT2D eigenvalue weighted by molar-refractivity contribution is -0.138. The third-order valence-corrected chi connectivity index (χ3v) is 2.63. The van der Waals surface area contributed by atoms with Gasteiger partial charge in [0.2, 0.25) is 11.8 Å². The molecule has 0 radical (unpaired) electrons. The largest absolute Gasteiger partial charge is 0.462 e. The molecule has 3 N–H and O–H groups in total. The maximum Gasteiger partial charge on any atom is 0.293 e. The van der Waals surface area contributed by atoms with E-state index in [-0.39, 0.29) is 24.1 Å². The highest BCUT2D eigenvalue weighted by molar-refractivity contribution is 5.87. The monoisotopic (exact) mass is 371 g/mol. The molecule has 0 saturated carbocycles. The second-order valence-corrected chi connectivity index (χ2v) is 7.24. The average Bonchev–Trinajstić information content (AvgIpc) is 2.98. The van der Waals surface area contributed by atoms with E-state index >= 15 is 0 Å². The minimum absolute atomic E-state index is 0.0520. The normalized spacial score (nSPS) is 15.3. The number of nitrogens with zero attached hydrogens (tertiary/aromatic N) is 1. The summed E-state index contributed by atoms with van der Waals surface area (Å²) in [5.74, 6) is 0.380. The summed E-state index contributed by atoms with van der Waals surface area (Å²) in [5.41, 5.74) is 4.85. The Hall–Kier alpha value is -2.07. The van der Waals surface area contributed by atoms with Gasteiger partial charge in [-0.2, -0.15) is 0 Å². The van der Waals surface area contributed by atoms with Crippen LogP contribution in [0, 0.1) is 18.8 Å². The van der Waals surface area contributed by atoms with E-state index < -0.39 is 5.91 Å². The molecule has 1 aliphatic rings. The third-order valence-electron chi connectivity index (χ3n) is 2.63. The van der Waals surface area contributed by atoms with Crippen LogP contribution in [0.2, 0.25) is 0 Å². The third kappa shape index (κ3) is 18.3. The molecule has 0 bridgehead atoms. The molecule has 1 atom stereocenters. The molecular formula is C19H37N3O4. The topological polar surface area (TPSA) is 102 Å². The molecule has 7 heteroatoms. The molecule has 26 heavy (non-hydrogen) atoms. The molecule has 0 aromatic carbocycles. The standard InChI is InChI=1S/C8H15N3O2.C5H10O2.C4H10.C2H2/c1-10-5-7(12)11-4-2-3-6(11)8(9)13;1-5(2,3)7-4-6;1-4(2)3;1-2/h6,10H,2-5H2,1H3,(H2,9,13);4H,1-3H3;4H,1-3H3;1-2H/t6-;;;/m0.../s1. The number of carbonyl (C=O) groups excluding carboxylic acids is 3. The molecule has 1 rings (SSSR count). The van der Waals surface area contributed by atoms with E-state index in [1.54, 1.807) is 11.9 Å². The van der Waals surface area contributed by atoms with E-state index in [1.165, 1.54) is 0 Å². The van der Waals surface area contributed by atoms with Crippen molar-refractivity contribution in [1.29, 1.82) is 0 Å². The van der Waals surface area contributed by atoms with Crippen LogP contribution in [0.15, 0.2) is 0 Å². The summed E-state index contributed by atoms with van der Waals surface area (Å²) in [6.07, 6.45) is 9.56. The van der Waals surface area contributed by atoms with Crippen LogP contribution < -0.4 is 11.1 Å². The first-order chi connectivity index (χ1) is 12.0. The summed E-state index contributed by atoms with van der Waals surface area (Å²) in [4.78, 5) is 33.5. The highest BCUT2D eigenvalue weighted by Crippen LogP contribution is 2.16. The summed E-state index contributed by atoms with van der Waals surface area (Å²) >= 11 is 0. The molecule has 1 aliphatic heterocycles. The van der Waals surface area contributed by atoms with Crippen molar-refractivity contribution >= 4 is 18.3 Å². The van der Waals surface area contributed by atoms with Gasteiger partial charge in [-0.15, -0.1) is 12.8 Å². The number of rotatable bonds is 4. The first kappa shape index (κ1) is 28.7. The predicted octanol–water partition coefficient (Wildman–Crippen LogP) is 1.55. The van der Waals surface area contributed by atoms with Crippen molar-refractivity contribution in [3.8, 4) is 12.8 Å². The number of likely N-dealkylation sites (N-methyl/N-ethyl adjacent to an activating group) is 1. The Morgan fingerprint density at radius 3 is 2.04 bits per heavy atom. The number of primary amides is 1. The van der Waals surface area contributed by atoms with E-state index in [4.69, 9.17) is 5.73 Å². The van der Waals surface area contributed by atoms with Crippen molar-refractivity contribution in [2.24, 2.45) is 11.7 Å². The molecule has 0 unspecified atom stereocenters. The van der Waals surface area contributed by atoms with Gasteiger partial charge in [0.15, 0.2) is 0 Å². The lowest BCUT2D eigenvalue weighted by atomic mass is 10.2. The van der Waals surface area contributed by atoms with Crippen LogP contribution in [0.5, 0.6) is 0 Å². The number of nitrogens with two attached hydrogens (primary N) is 1. The summed E-state index contributed by atoms with van der Waals surface area (Å²) in [5, 5.41) is 2.76. The molecule has 152 valence electrons. The van der Waals surface area contributed by atoms with Gasteiger partial charge in [0.05, 0.1) is 6.54 Å². The molecule has 1 heterocycles. The van der Waals surface area contributed by atoms with Gasteiger partial charge in [0.25, 0.3) is 6.47 Å². The molecule has 0 spiro atoms. The number of nitrogens with one attached hydrogen (secondary N) is 1. The van der Waals surface area contributed by atoms with Gasteiger partial charge >= 0.3 is 0 Å². The first-order valence-electron chi connectivity index (χ1n) is 8.64. The van der Waals surface area contributed by atoms with Crippen LogP contribution in [0.1, 0.15) is 54.4 Å². The summed E-state index contributed by atoms with van der Waals surface area (Å²) in [7, 11) is 1.70. The Kier molecular flexibility index (Phi) is 18.1. The van der Waals surface area contributed by atoms with E-state index in [1.807, 2.05) is 20.8 Å². The molecule has 7 nitrogen and oxygen atoms in total. The minimum Gasteiger partial charge on any atom is -0.462 e. The van der Waals surface area contributed by atoms with Gasteiger partial charge in [-0.1, -0.05) is 20.8 Å². The predicted molar refractivity (Wildman–Crippen MR) is 105 cm³/mol. The van der Waals surface area contributed by atoms with Crippen LogP contribution in [0.25, 0.3) is 0 Å². The molecule has 0 aliphatic carbocycles. The highest BCUT2D eigenvalue weighted by Gasteiger charge is 2.31. The van der Waals surface area contributed by atoms with Crippen molar-refractivity contribution in [1.82, 2.24) is 10.2 Å². The van der Waals surface area contributed by atoms with Crippen molar-refractivity contribution in [2.45, 2.75) is 66.0 Å². The zero-order valence-electron chi connectivity index (χ0n) is 17.4. The SMILES string of the molecule is C#C.CC(C)(C)OC=O.CC(C)C.CNCC(=O)N1CCC[C@H]1C(N)=O. The molecule has 0 aromatic heterocycles. The fourth-order valence-electron chi connectivity index (χ4n) is 1.76. The zero-order valence-corrected chi connectivity index (χ0v) is 17.4. The average molecular weight is 372 g/mol. The maximum absolute atomic E-state index is 11.4. The van der Waals surface area contributed by atoms with Crippen molar-refractivity contribution in [2.75, 3.05) is 20.1 Å². The Morgan fingerprint density at radius 1 is 1.31 bits per heavy atom. The van der Waals surface area contributed by atoms with Crippen LogP contribution in [-0.2, 0) is 19.1 Å². The van der Waals surface area contributed by atoms with Crippen molar-refractivity contribution < 1.29 is 19.1 Å². The Bertz CT molecular complexity index is 412. The molecule has 0 aromatic rings. The van der Waals surface area contributed by atoms with Gasteiger partial charge in [-0.3, -0.25) is 14.4 Å². The summed E-state index contributed by atoms with van der Waals surface area (Å²) < 4.78 is 4.55. The number of hydrogen-bond donors (Lipinski definition) is 2. The fourth-order valence-corrected chi connectivity index (χ4v) is 1.76. The summed E-state index contributed by atoms with van der Waals surface area (Å²) in [6, 6.07) is -0.388. The Morgan fingerprint density at radius 2 is 1.77 bits per heavy atom. The van der Waals surface area contributed by atoms with Crippen LogP contribution in [0.4, 0.5) is 0 Å². The van der Waals surface area contributed by atoms with Gasteiger partial charge in [0, 0.05) is 6.54 Å². The number of ether oxygens (including phenoxy) is 1. The number of terminal acetylenes is 1. The number of carbonyl (C=O) groups is 3. The second-order valence-electron chi connectivity index (χ2n) is 7.24. The number of hydrogen-bond acceptors (Lipinski definition) is 5. The maximum atomic E-state index is 11.4. The van der Waals surface area contributed by atoms with E-state index in [2.05, 4.69) is 43.7 Å². The molecular weight excluding hydrogens is 334 g/mol. The Balaban J connectivity index is -0.000000344. The first-order valence-corrected chi connectivity index (χ1v) is 8.64. The number of likely N-dealkylation sites (tertiary alicyclic amines) is 1. The van der Waals surface area contributed by atoms with Gasteiger partial charge < -0.3 is 20.7 Å². The van der Waals surface area contributed by atoms with Crippen molar-refractivity contribution in [3.63, 3.8) is 0 Å².